The standard InChI is InChI=1S/C15H17BrN2O/c1-15(17,8-11-7-12(16)10-18-9-11)13-5-3-4-6-14(13)19-2/h3-7,9-10H,8,17H2,1-2H3. The van der Waals surface area contributed by atoms with Crippen LogP contribution in [-0.4, -0.2) is 12.1 Å². The normalized spacial score (nSPS) is 13.9. The number of hydrogen-bond acceptors (Lipinski definition) is 3. The number of rotatable bonds is 4. The van der Waals surface area contributed by atoms with Gasteiger partial charge in [-0.3, -0.25) is 4.98 Å². The van der Waals surface area contributed by atoms with Crippen molar-refractivity contribution in [2.24, 2.45) is 5.73 Å². The number of para-hydroxylation sites is 1. The molecule has 2 N–H and O–H groups in total. The van der Waals surface area contributed by atoms with E-state index in [9.17, 15) is 0 Å². The van der Waals surface area contributed by atoms with Crippen molar-refractivity contribution in [1.82, 2.24) is 4.98 Å². The van der Waals surface area contributed by atoms with E-state index >= 15 is 0 Å². The summed E-state index contributed by atoms with van der Waals surface area (Å²) >= 11 is 3.43. The Morgan fingerprint density at radius 2 is 2.05 bits per heavy atom. The SMILES string of the molecule is COc1ccccc1C(C)(N)Cc1cncc(Br)c1. The molecule has 0 aliphatic rings. The van der Waals surface area contributed by atoms with Crippen molar-refractivity contribution in [3.05, 3.63) is 58.3 Å². The molecule has 3 nitrogen and oxygen atoms in total. The number of hydrogen-bond donors (Lipinski definition) is 1. The van der Waals surface area contributed by atoms with E-state index in [-0.39, 0.29) is 0 Å². The van der Waals surface area contributed by atoms with Crippen LogP contribution in [0.5, 0.6) is 5.75 Å². The number of nitrogens with zero attached hydrogens (tertiary/aromatic N) is 1. The van der Waals surface area contributed by atoms with Gasteiger partial charge in [-0.15, -0.1) is 0 Å². The van der Waals surface area contributed by atoms with Gasteiger partial charge in [0.1, 0.15) is 5.75 Å². The molecule has 2 rings (SSSR count). The summed E-state index contributed by atoms with van der Waals surface area (Å²) in [5.74, 6) is 0.815. The molecular formula is C15H17BrN2O. The molecule has 4 heteroatoms. The Labute approximate surface area is 121 Å². The van der Waals surface area contributed by atoms with Gasteiger partial charge in [-0.2, -0.15) is 0 Å². The van der Waals surface area contributed by atoms with Crippen LogP contribution in [0, 0.1) is 0 Å². The van der Waals surface area contributed by atoms with Crippen LogP contribution in [0.15, 0.2) is 47.2 Å². The van der Waals surface area contributed by atoms with E-state index in [2.05, 4.69) is 20.9 Å². The molecule has 2 aromatic rings. The highest BCUT2D eigenvalue weighted by Crippen LogP contribution is 2.30. The molecule has 0 fully saturated rings. The fourth-order valence-corrected chi connectivity index (χ4v) is 2.60. The number of ether oxygens (including phenoxy) is 1. The van der Waals surface area contributed by atoms with E-state index in [4.69, 9.17) is 10.5 Å². The first-order chi connectivity index (χ1) is 9.03. The van der Waals surface area contributed by atoms with Crippen LogP contribution in [0.2, 0.25) is 0 Å². The molecule has 1 heterocycles. The molecule has 0 saturated heterocycles. The first-order valence-electron chi connectivity index (χ1n) is 6.05. The molecule has 0 aliphatic heterocycles. The largest absolute Gasteiger partial charge is 0.496 e. The van der Waals surface area contributed by atoms with Crippen molar-refractivity contribution in [3.8, 4) is 5.75 Å². The molecule has 100 valence electrons. The average Bonchev–Trinajstić information content (AvgIpc) is 2.38. The zero-order chi connectivity index (χ0) is 13.9. The lowest BCUT2D eigenvalue weighted by atomic mass is 9.86. The summed E-state index contributed by atoms with van der Waals surface area (Å²) < 4.78 is 6.35. The Bertz CT molecular complexity index is 570. The molecule has 19 heavy (non-hydrogen) atoms. The summed E-state index contributed by atoms with van der Waals surface area (Å²) in [6, 6.07) is 9.89. The zero-order valence-electron chi connectivity index (χ0n) is 11.1. The lowest BCUT2D eigenvalue weighted by Crippen LogP contribution is -2.35. The molecule has 1 aromatic carbocycles. The van der Waals surface area contributed by atoms with Crippen LogP contribution in [-0.2, 0) is 12.0 Å². The number of aromatic nitrogens is 1. The molecule has 0 bridgehead atoms. The predicted molar refractivity (Wildman–Crippen MR) is 80.2 cm³/mol. The van der Waals surface area contributed by atoms with Crippen LogP contribution < -0.4 is 10.5 Å². The number of halogens is 1. The van der Waals surface area contributed by atoms with Crippen LogP contribution in [0.3, 0.4) is 0 Å². The van der Waals surface area contributed by atoms with Gasteiger partial charge in [-0.1, -0.05) is 18.2 Å². The highest BCUT2D eigenvalue weighted by molar-refractivity contribution is 9.10. The maximum absolute atomic E-state index is 6.47. The molecular weight excluding hydrogens is 304 g/mol. The molecule has 1 unspecified atom stereocenters. The van der Waals surface area contributed by atoms with Crippen LogP contribution in [0.4, 0.5) is 0 Å². The predicted octanol–water partition coefficient (Wildman–Crippen LogP) is 3.27. The maximum atomic E-state index is 6.47. The van der Waals surface area contributed by atoms with Gasteiger partial charge in [0.25, 0.3) is 0 Å². The quantitative estimate of drug-likeness (QED) is 0.940. The molecule has 0 amide bonds. The molecule has 1 atom stereocenters. The summed E-state index contributed by atoms with van der Waals surface area (Å²) in [7, 11) is 1.66. The minimum absolute atomic E-state index is 0.505. The Hall–Kier alpha value is -1.39. The van der Waals surface area contributed by atoms with Gasteiger partial charge in [-0.25, -0.2) is 0 Å². The number of pyridine rings is 1. The number of nitrogens with two attached hydrogens (primary N) is 1. The second kappa shape index (κ2) is 5.72. The summed E-state index contributed by atoms with van der Waals surface area (Å²) in [6.45, 7) is 2.01. The van der Waals surface area contributed by atoms with E-state index in [1.807, 2.05) is 43.5 Å². The van der Waals surface area contributed by atoms with E-state index in [1.54, 1.807) is 13.3 Å². The second-order valence-electron chi connectivity index (χ2n) is 4.81. The van der Waals surface area contributed by atoms with Crippen LogP contribution in [0.25, 0.3) is 0 Å². The Balaban J connectivity index is 2.32. The third-order valence-electron chi connectivity index (χ3n) is 3.06. The van der Waals surface area contributed by atoms with E-state index < -0.39 is 5.54 Å². The van der Waals surface area contributed by atoms with Crippen molar-refractivity contribution < 1.29 is 4.74 Å². The third-order valence-corrected chi connectivity index (χ3v) is 3.49. The fraction of sp³-hybridized carbons (Fsp3) is 0.267. The van der Waals surface area contributed by atoms with Gasteiger partial charge in [0.15, 0.2) is 0 Å². The van der Waals surface area contributed by atoms with Crippen LogP contribution >= 0.6 is 15.9 Å². The monoisotopic (exact) mass is 320 g/mol. The Morgan fingerprint density at radius 1 is 1.32 bits per heavy atom. The lowest BCUT2D eigenvalue weighted by molar-refractivity contribution is 0.386. The number of benzene rings is 1. The summed E-state index contributed by atoms with van der Waals surface area (Å²) in [5.41, 5.74) is 8.05. The lowest BCUT2D eigenvalue weighted by Gasteiger charge is -2.27. The van der Waals surface area contributed by atoms with E-state index in [0.29, 0.717) is 6.42 Å². The molecule has 0 aliphatic carbocycles. The smallest absolute Gasteiger partial charge is 0.123 e. The first-order valence-corrected chi connectivity index (χ1v) is 6.84. The minimum atomic E-state index is -0.505. The van der Waals surface area contributed by atoms with Gasteiger partial charge in [0.05, 0.1) is 7.11 Å². The van der Waals surface area contributed by atoms with Gasteiger partial charge < -0.3 is 10.5 Å². The zero-order valence-corrected chi connectivity index (χ0v) is 12.6. The minimum Gasteiger partial charge on any atom is -0.496 e. The first kappa shape index (κ1) is 14.0. The van der Waals surface area contributed by atoms with E-state index in [1.165, 1.54) is 0 Å². The summed E-state index contributed by atoms with van der Waals surface area (Å²) in [4.78, 5) is 4.17. The highest BCUT2D eigenvalue weighted by atomic mass is 79.9. The summed E-state index contributed by atoms with van der Waals surface area (Å²) in [6.07, 6.45) is 4.30. The second-order valence-corrected chi connectivity index (χ2v) is 5.72. The molecule has 0 radical (unpaired) electrons. The average molecular weight is 321 g/mol. The van der Waals surface area contributed by atoms with Crippen molar-refractivity contribution in [2.75, 3.05) is 7.11 Å². The highest BCUT2D eigenvalue weighted by Gasteiger charge is 2.25. The Kier molecular flexibility index (Phi) is 4.22. The maximum Gasteiger partial charge on any atom is 0.123 e. The van der Waals surface area contributed by atoms with Crippen molar-refractivity contribution in [3.63, 3.8) is 0 Å². The van der Waals surface area contributed by atoms with Crippen molar-refractivity contribution >= 4 is 15.9 Å². The van der Waals surface area contributed by atoms with Gasteiger partial charge in [-0.05, 0) is 47.0 Å². The summed E-state index contributed by atoms with van der Waals surface area (Å²) in [5, 5.41) is 0. The molecule has 1 aromatic heterocycles. The van der Waals surface area contributed by atoms with Gasteiger partial charge in [0, 0.05) is 28.0 Å². The fourth-order valence-electron chi connectivity index (χ4n) is 2.19. The van der Waals surface area contributed by atoms with Crippen molar-refractivity contribution in [2.45, 2.75) is 18.9 Å². The topological polar surface area (TPSA) is 48.1 Å². The Morgan fingerprint density at radius 3 is 2.74 bits per heavy atom. The van der Waals surface area contributed by atoms with Gasteiger partial charge in [0.2, 0.25) is 0 Å². The van der Waals surface area contributed by atoms with Crippen LogP contribution in [0.1, 0.15) is 18.1 Å². The third kappa shape index (κ3) is 3.33. The number of methoxy groups -OCH3 is 1. The van der Waals surface area contributed by atoms with Crippen molar-refractivity contribution in [1.29, 1.82) is 0 Å². The van der Waals surface area contributed by atoms with E-state index in [0.717, 1.165) is 21.3 Å². The van der Waals surface area contributed by atoms with Gasteiger partial charge >= 0.3 is 0 Å². The molecule has 0 saturated carbocycles. The molecule has 0 spiro atoms.